The van der Waals surface area contributed by atoms with Crippen LogP contribution in [0.25, 0.3) is 0 Å². The van der Waals surface area contributed by atoms with Crippen molar-refractivity contribution in [3.05, 3.63) is 10.1 Å². The molecule has 0 heterocycles. The van der Waals surface area contributed by atoms with Gasteiger partial charge in [0.25, 0.3) is 5.91 Å². The molecule has 0 rings (SSSR count). The Kier molecular flexibility index (Phi) is 6.26. The Hall–Kier alpha value is -0.170. The maximum atomic E-state index is 11.4. The lowest BCUT2D eigenvalue weighted by Crippen LogP contribution is -2.42. The predicted octanol–water partition coefficient (Wildman–Crippen LogP) is 1.67. The van der Waals surface area contributed by atoms with Crippen molar-refractivity contribution in [2.75, 3.05) is 13.1 Å². The van der Waals surface area contributed by atoms with Crippen LogP contribution in [0.15, 0.2) is 0 Å². The number of rotatable bonds is 6. The molecule has 0 fully saturated rings. The van der Waals surface area contributed by atoms with E-state index in [-0.39, 0.29) is 0 Å². The van der Waals surface area contributed by atoms with Crippen LogP contribution in [0.3, 0.4) is 0 Å². The number of nitro groups is 1. The van der Waals surface area contributed by atoms with Gasteiger partial charge in [0.05, 0.1) is 0 Å². The van der Waals surface area contributed by atoms with Crippen molar-refractivity contribution >= 4 is 37.8 Å². The fraction of sp³-hybridized carbons (Fsp3) is 0.857. The Bertz CT molecular complexity index is 221. The third kappa shape index (κ3) is 5.54. The maximum Gasteiger partial charge on any atom is 0.254 e. The molecule has 1 amide bonds. The second kappa shape index (κ2) is 6.34. The van der Waals surface area contributed by atoms with Crippen molar-refractivity contribution in [1.29, 1.82) is 0 Å². The number of carbonyl (C=O) groups is 1. The Morgan fingerprint density at radius 1 is 1.57 bits per heavy atom. The summed E-state index contributed by atoms with van der Waals surface area (Å²) in [5.74, 6) is -0.414. The van der Waals surface area contributed by atoms with Crippen molar-refractivity contribution < 1.29 is 9.72 Å². The van der Waals surface area contributed by atoms with Crippen LogP contribution in [0.4, 0.5) is 0 Å². The Balaban J connectivity index is 4.01. The van der Waals surface area contributed by atoms with Gasteiger partial charge in [-0.2, -0.15) is 0 Å². The number of halogens is 2. The molecule has 0 aromatic rings. The SMILES string of the molecule is CCCCNC(=O)C(Br)(Br)C[N+](=O)[O-]. The highest BCUT2D eigenvalue weighted by molar-refractivity contribution is 9.26. The van der Waals surface area contributed by atoms with Crippen molar-refractivity contribution in [3.8, 4) is 0 Å². The largest absolute Gasteiger partial charge is 0.354 e. The number of carbonyl (C=O) groups excluding carboxylic acids is 1. The fourth-order valence-corrected chi connectivity index (χ4v) is 1.43. The van der Waals surface area contributed by atoms with Crippen LogP contribution >= 0.6 is 31.9 Å². The minimum Gasteiger partial charge on any atom is -0.354 e. The van der Waals surface area contributed by atoms with E-state index in [4.69, 9.17) is 0 Å². The molecule has 14 heavy (non-hydrogen) atoms. The maximum absolute atomic E-state index is 11.4. The standard InChI is InChI=1S/C7H12Br2N2O3/c1-2-3-4-10-6(12)7(8,9)5-11(13)14/h2-5H2,1H3,(H,10,12). The molecule has 0 radical (unpaired) electrons. The van der Waals surface area contributed by atoms with Gasteiger partial charge in [-0.05, 0) is 6.42 Å². The van der Waals surface area contributed by atoms with Gasteiger partial charge in [0.15, 0.2) is 0 Å². The van der Waals surface area contributed by atoms with Gasteiger partial charge < -0.3 is 5.32 Å². The van der Waals surface area contributed by atoms with Gasteiger partial charge in [-0.15, -0.1) is 0 Å². The van der Waals surface area contributed by atoms with Gasteiger partial charge in [0.1, 0.15) is 0 Å². The molecule has 0 aromatic carbocycles. The summed E-state index contributed by atoms with van der Waals surface area (Å²) in [7, 11) is 0. The number of hydrogen-bond donors (Lipinski definition) is 1. The van der Waals surface area contributed by atoms with Gasteiger partial charge in [0, 0.05) is 11.5 Å². The van der Waals surface area contributed by atoms with Gasteiger partial charge in [-0.1, -0.05) is 45.2 Å². The summed E-state index contributed by atoms with van der Waals surface area (Å²) >= 11 is 5.93. The second-order valence-electron chi connectivity index (χ2n) is 2.80. The molecule has 7 heteroatoms. The number of unbranched alkanes of at least 4 members (excludes halogenated alkanes) is 1. The van der Waals surface area contributed by atoms with E-state index in [0.29, 0.717) is 6.54 Å². The van der Waals surface area contributed by atoms with E-state index in [1.165, 1.54) is 0 Å². The molecule has 0 spiro atoms. The summed E-state index contributed by atoms with van der Waals surface area (Å²) < 4.78 is -1.29. The zero-order valence-electron chi connectivity index (χ0n) is 7.76. The quantitative estimate of drug-likeness (QED) is 0.348. The van der Waals surface area contributed by atoms with Crippen molar-refractivity contribution in [1.82, 2.24) is 5.32 Å². The highest BCUT2D eigenvalue weighted by atomic mass is 79.9. The zero-order valence-corrected chi connectivity index (χ0v) is 10.9. The normalized spacial score (nSPS) is 11.1. The van der Waals surface area contributed by atoms with Crippen LogP contribution < -0.4 is 5.32 Å². The molecule has 0 aromatic heterocycles. The van der Waals surface area contributed by atoms with E-state index >= 15 is 0 Å². The van der Waals surface area contributed by atoms with Gasteiger partial charge >= 0.3 is 0 Å². The molecule has 0 aliphatic heterocycles. The lowest BCUT2D eigenvalue weighted by molar-refractivity contribution is -0.478. The highest BCUT2D eigenvalue weighted by Gasteiger charge is 2.37. The Morgan fingerprint density at radius 3 is 2.57 bits per heavy atom. The van der Waals surface area contributed by atoms with Crippen LogP contribution in [-0.2, 0) is 4.79 Å². The lowest BCUT2D eigenvalue weighted by atomic mass is 10.3. The molecular weight excluding hydrogens is 320 g/mol. The zero-order chi connectivity index (χ0) is 11.2. The first-order valence-electron chi connectivity index (χ1n) is 4.18. The van der Waals surface area contributed by atoms with E-state index in [1.54, 1.807) is 0 Å². The molecule has 0 unspecified atom stereocenters. The lowest BCUT2D eigenvalue weighted by Gasteiger charge is -2.14. The molecule has 5 nitrogen and oxygen atoms in total. The summed E-state index contributed by atoms with van der Waals surface area (Å²) in [4.78, 5) is 21.0. The third-order valence-electron chi connectivity index (χ3n) is 1.48. The molecule has 0 saturated carbocycles. The number of nitrogens with one attached hydrogen (secondary N) is 1. The van der Waals surface area contributed by atoms with Gasteiger partial charge in [0.2, 0.25) is 9.78 Å². The average molecular weight is 332 g/mol. The minimum atomic E-state index is -1.29. The van der Waals surface area contributed by atoms with Crippen molar-refractivity contribution in [2.45, 2.75) is 23.0 Å². The Morgan fingerprint density at radius 2 is 2.14 bits per heavy atom. The summed E-state index contributed by atoms with van der Waals surface area (Å²) in [6.07, 6.45) is 1.83. The van der Waals surface area contributed by atoms with Crippen LogP contribution in [-0.4, -0.2) is 27.2 Å². The Labute approximate surface area is 99.0 Å². The second-order valence-corrected chi connectivity index (χ2v) is 6.58. The number of amides is 1. The predicted molar refractivity (Wildman–Crippen MR) is 60.4 cm³/mol. The van der Waals surface area contributed by atoms with Crippen LogP contribution in [0, 0.1) is 10.1 Å². The molecule has 0 atom stereocenters. The molecule has 0 aliphatic carbocycles. The summed E-state index contributed by atoms with van der Waals surface area (Å²) in [6, 6.07) is 0. The molecule has 82 valence electrons. The van der Waals surface area contributed by atoms with E-state index in [2.05, 4.69) is 37.2 Å². The number of hydrogen-bond acceptors (Lipinski definition) is 3. The highest BCUT2D eigenvalue weighted by Crippen LogP contribution is 2.26. The van der Waals surface area contributed by atoms with E-state index in [9.17, 15) is 14.9 Å². The number of alkyl halides is 2. The van der Waals surface area contributed by atoms with Crippen LogP contribution in [0.1, 0.15) is 19.8 Å². The third-order valence-corrected chi connectivity index (χ3v) is 2.70. The molecule has 1 N–H and O–H groups in total. The summed E-state index contributed by atoms with van der Waals surface area (Å²) in [5, 5.41) is 12.8. The molecule has 0 bridgehead atoms. The molecule has 0 aliphatic rings. The van der Waals surface area contributed by atoms with Crippen molar-refractivity contribution in [2.24, 2.45) is 0 Å². The van der Waals surface area contributed by atoms with E-state index in [0.717, 1.165) is 12.8 Å². The van der Waals surface area contributed by atoms with Crippen LogP contribution in [0.5, 0.6) is 0 Å². The van der Waals surface area contributed by atoms with E-state index in [1.807, 2.05) is 6.92 Å². The topological polar surface area (TPSA) is 72.2 Å². The van der Waals surface area contributed by atoms with Gasteiger partial charge in [-0.3, -0.25) is 14.9 Å². The first kappa shape index (κ1) is 13.8. The average Bonchev–Trinajstić information content (AvgIpc) is 2.02. The van der Waals surface area contributed by atoms with Crippen molar-refractivity contribution in [3.63, 3.8) is 0 Å². The molecular formula is C7H12Br2N2O3. The first-order valence-corrected chi connectivity index (χ1v) is 5.76. The first-order chi connectivity index (χ1) is 6.40. The van der Waals surface area contributed by atoms with E-state index < -0.39 is 20.6 Å². The smallest absolute Gasteiger partial charge is 0.254 e. The molecule has 0 saturated heterocycles. The summed E-state index contributed by atoms with van der Waals surface area (Å²) in [5.41, 5.74) is 0. The van der Waals surface area contributed by atoms with Crippen LogP contribution in [0.2, 0.25) is 0 Å². The van der Waals surface area contributed by atoms with Gasteiger partial charge in [-0.25, -0.2) is 0 Å². The summed E-state index contributed by atoms with van der Waals surface area (Å²) in [6.45, 7) is 2.04. The monoisotopic (exact) mass is 330 g/mol. The fourth-order valence-electron chi connectivity index (χ4n) is 0.742. The number of nitrogens with zero attached hydrogens (tertiary/aromatic N) is 1. The minimum absolute atomic E-state index is 0.414.